The van der Waals surface area contributed by atoms with E-state index in [0.717, 1.165) is 25.1 Å². The third-order valence-electron chi connectivity index (χ3n) is 3.31. The van der Waals surface area contributed by atoms with Crippen LogP contribution in [0.25, 0.3) is 0 Å². The van der Waals surface area contributed by atoms with Gasteiger partial charge in [-0.1, -0.05) is 38.1 Å². The first-order chi connectivity index (χ1) is 9.52. The Bertz CT molecular complexity index is 362. The summed E-state index contributed by atoms with van der Waals surface area (Å²) in [7, 11) is 2.01. The minimum Gasteiger partial charge on any atom is -0.387 e. The normalized spacial score (nSPS) is 13.2. The Kier molecular flexibility index (Phi) is 7.82. The molecule has 1 atom stereocenters. The number of hydrogen-bond acceptors (Lipinski definition) is 3. The highest BCUT2D eigenvalue weighted by atomic mass is 16.5. The second kappa shape index (κ2) is 9.11. The molecule has 0 radical (unpaired) electrons. The van der Waals surface area contributed by atoms with Gasteiger partial charge in [-0.2, -0.15) is 0 Å². The molecule has 20 heavy (non-hydrogen) atoms. The maximum absolute atomic E-state index is 10.2. The predicted molar refractivity (Wildman–Crippen MR) is 83.9 cm³/mol. The van der Waals surface area contributed by atoms with Crippen molar-refractivity contribution in [3.8, 4) is 0 Å². The second-order valence-electron chi connectivity index (χ2n) is 5.81. The van der Waals surface area contributed by atoms with Gasteiger partial charge in [-0.15, -0.1) is 0 Å². The summed E-state index contributed by atoms with van der Waals surface area (Å²) in [5, 5.41) is 10.2. The fraction of sp³-hybridized carbons (Fsp3) is 0.647. The molecule has 114 valence electrons. The van der Waals surface area contributed by atoms with Gasteiger partial charge < -0.3 is 14.7 Å². The minimum absolute atomic E-state index is 0.435. The van der Waals surface area contributed by atoms with Crippen molar-refractivity contribution < 1.29 is 9.84 Å². The lowest BCUT2D eigenvalue weighted by atomic mass is 10.00. The SMILES string of the molecule is CCOCCN(C)CC(O)c1ccc(CC(C)C)cc1. The highest BCUT2D eigenvalue weighted by Crippen LogP contribution is 2.16. The first-order valence-corrected chi connectivity index (χ1v) is 7.56. The average Bonchev–Trinajstić information content (AvgIpc) is 2.39. The molecule has 0 amide bonds. The molecule has 0 aromatic heterocycles. The predicted octanol–water partition coefficient (Wildman–Crippen LogP) is 2.89. The molecule has 0 saturated heterocycles. The summed E-state index contributed by atoms with van der Waals surface area (Å²) >= 11 is 0. The molecule has 1 rings (SSSR count). The molecule has 0 bridgehead atoms. The van der Waals surface area contributed by atoms with E-state index in [-0.39, 0.29) is 0 Å². The first-order valence-electron chi connectivity index (χ1n) is 7.56. The maximum Gasteiger partial charge on any atom is 0.0916 e. The molecule has 3 heteroatoms. The van der Waals surface area contributed by atoms with Crippen molar-refractivity contribution in [1.29, 1.82) is 0 Å². The monoisotopic (exact) mass is 279 g/mol. The summed E-state index contributed by atoms with van der Waals surface area (Å²) in [6, 6.07) is 8.33. The van der Waals surface area contributed by atoms with Gasteiger partial charge in [0.15, 0.2) is 0 Å². The van der Waals surface area contributed by atoms with E-state index in [1.165, 1.54) is 5.56 Å². The Morgan fingerprint density at radius 3 is 2.40 bits per heavy atom. The lowest BCUT2D eigenvalue weighted by Crippen LogP contribution is -2.28. The summed E-state index contributed by atoms with van der Waals surface area (Å²) in [6.45, 7) is 9.37. The van der Waals surface area contributed by atoms with Crippen molar-refractivity contribution >= 4 is 0 Å². The molecule has 0 aliphatic rings. The maximum atomic E-state index is 10.2. The summed E-state index contributed by atoms with van der Waals surface area (Å²) in [4.78, 5) is 2.10. The van der Waals surface area contributed by atoms with E-state index in [0.29, 0.717) is 19.1 Å². The van der Waals surface area contributed by atoms with Crippen molar-refractivity contribution in [2.45, 2.75) is 33.3 Å². The van der Waals surface area contributed by atoms with Crippen molar-refractivity contribution in [2.75, 3.05) is 33.4 Å². The number of aliphatic hydroxyl groups is 1. The molecular formula is C17H29NO2. The summed E-state index contributed by atoms with van der Waals surface area (Å²) in [5.41, 5.74) is 2.32. The van der Waals surface area contributed by atoms with Crippen LogP contribution in [0.3, 0.4) is 0 Å². The number of hydrogen-bond donors (Lipinski definition) is 1. The van der Waals surface area contributed by atoms with Crippen molar-refractivity contribution in [3.05, 3.63) is 35.4 Å². The molecule has 3 nitrogen and oxygen atoms in total. The van der Waals surface area contributed by atoms with Crippen LogP contribution >= 0.6 is 0 Å². The third kappa shape index (κ3) is 6.51. The second-order valence-corrected chi connectivity index (χ2v) is 5.81. The fourth-order valence-electron chi connectivity index (χ4n) is 2.20. The zero-order valence-corrected chi connectivity index (χ0v) is 13.3. The van der Waals surface area contributed by atoms with Gasteiger partial charge in [0.2, 0.25) is 0 Å². The Labute approximate surface area is 123 Å². The molecule has 0 fully saturated rings. The highest BCUT2D eigenvalue weighted by molar-refractivity contribution is 5.24. The number of nitrogens with zero attached hydrogens (tertiary/aromatic N) is 1. The topological polar surface area (TPSA) is 32.7 Å². The van der Waals surface area contributed by atoms with Crippen LogP contribution in [0.15, 0.2) is 24.3 Å². The van der Waals surface area contributed by atoms with Crippen molar-refractivity contribution in [3.63, 3.8) is 0 Å². The van der Waals surface area contributed by atoms with E-state index in [2.05, 4.69) is 30.9 Å². The number of benzene rings is 1. The van der Waals surface area contributed by atoms with Gasteiger partial charge in [-0.25, -0.2) is 0 Å². The van der Waals surface area contributed by atoms with Crippen molar-refractivity contribution in [1.82, 2.24) is 4.90 Å². The third-order valence-corrected chi connectivity index (χ3v) is 3.31. The van der Waals surface area contributed by atoms with Crippen LogP contribution in [0, 0.1) is 5.92 Å². The van der Waals surface area contributed by atoms with Gasteiger partial charge in [0.1, 0.15) is 0 Å². The molecule has 0 aliphatic carbocycles. The Morgan fingerprint density at radius 1 is 1.20 bits per heavy atom. The van der Waals surface area contributed by atoms with Crippen LogP contribution in [0.1, 0.15) is 38.0 Å². The first kappa shape index (κ1) is 17.2. The minimum atomic E-state index is -0.435. The Hall–Kier alpha value is -0.900. The molecule has 0 spiro atoms. The summed E-state index contributed by atoms with van der Waals surface area (Å²) < 4.78 is 5.32. The standard InChI is InChI=1S/C17H29NO2/c1-5-20-11-10-18(4)13-17(19)16-8-6-15(7-9-16)12-14(2)3/h6-9,14,17,19H,5,10-13H2,1-4H3. The van der Waals surface area contributed by atoms with E-state index < -0.39 is 6.10 Å². The van der Waals surface area contributed by atoms with Gasteiger partial charge in [-0.3, -0.25) is 0 Å². The lowest BCUT2D eigenvalue weighted by Gasteiger charge is -2.20. The molecule has 1 unspecified atom stereocenters. The zero-order valence-electron chi connectivity index (χ0n) is 13.3. The van der Waals surface area contributed by atoms with Crippen LogP contribution in [-0.4, -0.2) is 43.4 Å². The molecule has 0 heterocycles. The average molecular weight is 279 g/mol. The van der Waals surface area contributed by atoms with Crippen LogP contribution in [0.4, 0.5) is 0 Å². The summed E-state index contributed by atoms with van der Waals surface area (Å²) in [6.07, 6.45) is 0.652. The molecule has 1 aromatic carbocycles. The Balaban J connectivity index is 2.44. The quantitative estimate of drug-likeness (QED) is 0.706. The van der Waals surface area contributed by atoms with E-state index >= 15 is 0 Å². The smallest absolute Gasteiger partial charge is 0.0916 e. The molecule has 1 N–H and O–H groups in total. The number of likely N-dealkylation sites (N-methyl/N-ethyl adjacent to an activating group) is 1. The number of rotatable bonds is 9. The number of aliphatic hydroxyl groups excluding tert-OH is 1. The van der Waals surface area contributed by atoms with Crippen LogP contribution < -0.4 is 0 Å². The lowest BCUT2D eigenvalue weighted by molar-refractivity contribution is 0.0891. The van der Waals surface area contributed by atoms with Gasteiger partial charge in [0.25, 0.3) is 0 Å². The molecule has 1 aromatic rings. The van der Waals surface area contributed by atoms with E-state index in [9.17, 15) is 5.11 Å². The molecular weight excluding hydrogens is 250 g/mol. The van der Waals surface area contributed by atoms with Gasteiger partial charge in [-0.05, 0) is 37.4 Å². The summed E-state index contributed by atoms with van der Waals surface area (Å²) in [5.74, 6) is 0.662. The van der Waals surface area contributed by atoms with Gasteiger partial charge in [0.05, 0.1) is 12.7 Å². The van der Waals surface area contributed by atoms with Crippen LogP contribution in [0.5, 0.6) is 0 Å². The van der Waals surface area contributed by atoms with E-state index in [1.54, 1.807) is 0 Å². The Morgan fingerprint density at radius 2 is 1.85 bits per heavy atom. The largest absolute Gasteiger partial charge is 0.387 e. The van der Waals surface area contributed by atoms with Crippen molar-refractivity contribution in [2.24, 2.45) is 5.92 Å². The van der Waals surface area contributed by atoms with Crippen LogP contribution in [-0.2, 0) is 11.2 Å². The highest BCUT2D eigenvalue weighted by Gasteiger charge is 2.10. The van der Waals surface area contributed by atoms with Crippen LogP contribution in [0.2, 0.25) is 0 Å². The number of ether oxygens (including phenoxy) is 1. The van der Waals surface area contributed by atoms with Gasteiger partial charge in [0, 0.05) is 19.7 Å². The molecule has 0 aliphatic heterocycles. The van der Waals surface area contributed by atoms with Gasteiger partial charge >= 0.3 is 0 Å². The zero-order chi connectivity index (χ0) is 15.0. The van der Waals surface area contributed by atoms with E-state index in [1.807, 2.05) is 26.1 Å². The molecule has 0 saturated carbocycles. The van der Waals surface area contributed by atoms with E-state index in [4.69, 9.17) is 4.74 Å². The fourth-order valence-corrected chi connectivity index (χ4v) is 2.20.